The van der Waals surface area contributed by atoms with Crippen LogP contribution in [-0.2, 0) is 6.54 Å². The van der Waals surface area contributed by atoms with Crippen molar-refractivity contribution in [2.45, 2.75) is 265 Å². The largest absolute Gasteiger partial charge is 0.259 e. The molecule has 2 nitrogen and oxygen atoms in total. The van der Waals surface area contributed by atoms with Gasteiger partial charge in [-0.25, -0.2) is 9.13 Å². The lowest BCUT2D eigenvalue weighted by Crippen LogP contribution is -2.41. The van der Waals surface area contributed by atoms with E-state index in [1.165, 1.54) is 218 Å². The predicted molar refractivity (Wildman–Crippen MR) is 207 cm³/mol. The molecule has 0 spiro atoms. The average molecular weight is 644 g/mol. The van der Waals surface area contributed by atoms with Gasteiger partial charge in [0.05, 0.1) is 18.5 Å². The molecule has 1 atom stereocenters. The first kappa shape index (κ1) is 43.2. The van der Waals surface area contributed by atoms with E-state index >= 15 is 0 Å². The molecule has 0 aliphatic rings. The van der Waals surface area contributed by atoms with Crippen LogP contribution in [0.5, 0.6) is 0 Å². The Morgan fingerprint density at radius 3 is 1.07 bits per heavy atom. The van der Waals surface area contributed by atoms with E-state index in [4.69, 9.17) is 0 Å². The molecule has 0 saturated carbocycles. The SMILES string of the molecule is CCCCCCCCCCCCCCCCCCCn1cc[n+](C(C)CCCCCCCCCCCCCCCCC)c1C(C)C. The first-order valence-electron chi connectivity index (χ1n) is 21.7. The first-order valence-corrected chi connectivity index (χ1v) is 21.7. The van der Waals surface area contributed by atoms with Gasteiger partial charge in [-0.3, -0.25) is 0 Å². The number of hydrogen-bond acceptors (Lipinski definition) is 0. The third-order valence-electron chi connectivity index (χ3n) is 10.7. The molecule has 0 fully saturated rings. The molecular formula is C44H87N2+. The van der Waals surface area contributed by atoms with Gasteiger partial charge in [-0.05, 0) is 32.6 Å². The lowest BCUT2D eigenvalue weighted by Gasteiger charge is -2.14. The van der Waals surface area contributed by atoms with Gasteiger partial charge in [0.1, 0.15) is 12.4 Å². The molecule has 0 N–H and O–H groups in total. The van der Waals surface area contributed by atoms with E-state index in [0.717, 1.165) is 0 Å². The molecule has 272 valence electrons. The summed E-state index contributed by atoms with van der Waals surface area (Å²) in [5, 5.41) is 0. The standard InChI is InChI=1S/C44H87N2/c1-6-8-10-12-14-16-18-20-22-23-25-27-29-31-33-35-37-39-45-40-41-46(44(45)42(3)4)43(5)38-36-34-32-30-28-26-24-21-19-17-15-13-11-9-7-2/h40-43H,6-39H2,1-5H3/q+1. The Morgan fingerprint density at radius 1 is 0.435 bits per heavy atom. The summed E-state index contributed by atoms with van der Waals surface area (Å²) in [5.41, 5.74) is 0. The molecule has 0 amide bonds. The van der Waals surface area contributed by atoms with Crippen LogP contribution < -0.4 is 4.57 Å². The Kier molecular flexibility index (Phi) is 30.8. The van der Waals surface area contributed by atoms with E-state index < -0.39 is 0 Å². The number of unbranched alkanes of at least 4 members (excludes halogenated alkanes) is 30. The van der Waals surface area contributed by atoms with Crippen molar-refractivity contribution in [1.29, 1.82) is 0 Å². The van der Waals surface area contributed by atoms with Crippen molar-refractivity contribution in [3.63, 3.8) is 0 Å². The molecule has 46 heavy (non-hydrogen) atoms. The topological polar surface area (TPSA) is 8.81 Å². The zero-order valence-corrected chi connectivity index (χ0v) is 32.7. The molecule has 2 heteroatoms. The monoisotopic (exact) mass is 644 g/mol. The molecular weight excluding hydrogens is 556 g/mol. The second-order valence-electron chi connectivity index (χ2n) is 15.7. The zero-order valence-electron chi connectivity index (χ0n) is 32.7. The smallest absolute Gasteiger partial charge is 0.234 e. The fourth-order valence-electron chi connectivity index (χ4n) is 7.60. The Balaban J connectivity index is 2.03. The Hall–Kier alpha value is -0.790. The third kappa shape index (κ3) is 24.4. The van der Waals surface area contributed by atoms with Crippen LogP contribution >= 0.6 is 0 Å². The van der Waals surface area contributed by atoms with Crippen LogP contribution in [0.3, 0.4) is 0 Å². The van der Waals surface area contributed by atoms with Crippen molar-refractivity contribution in [1.82, 2.24) is 4.57 Å². The van der Waals surface area contributed by atoms with E-state index in [9.17, 15) is 0 Å². The van der Waals surface area contributed by atoms with E-state index in [2.05, 4.69) is 56.1 Å². The maximum atomic E-state index is 2.61. The highest BCUT2D eigenvalue weighted by Crippen LogP contribution is 2.20. The Morgan fingerprint density at radius 2 is 0.739 bits per heavy atom. The van der Waals surface area contributed by atoms with Crippen LogP contribution in [0.2, 0.25) is 0 Å². The number of aryl methyl sites for hydroxylation is 1. The molecule has 1 heterocycles. The highest BCUT2D eigenvalue weighted by atomic mass is 15.2. The van der Waals surface area contributed by atoms with Gasteiger partial charge in [0.2, 0.25) is 0 Å². The maximum absolute atomic E-state index is 2.61. The van der Waals surface area contributed by atoms with Gasteiger partial charge in [-0.15, -0.1) is 0 Å². The minimum absolute atomic E-state index is 0.587. The summed E-state index contributed by atoms with van der Waals surface area (Å²) >= 11 is 0. The number of rotatable bonds is 36. The van der Waals surface area contributed by atoms with E-state index in [-0.39, 0.29) is 0 Å². The quantitative estimate of drug-likeness (QED) is 0.0508. The van der Waals surface area contributed by atoms with Crippen LogP contribution in [0.25, 0.3) is 0 Å². The molecule has 0 bridgehead atoms. The van der Waals surface area contributed by atoms with Crippen molar-refractivity contribution >= 4 is 0 Å². The molecule has 0 aromatic carbocycles. The fraction of sp³-hybridized carbons (Fsp3) is 0.932. The Bertz CT molecular complexity index is 734. The molecule has 0 saturated heterocycles. The summed E-state index contributed by atoms with van der Waals surface area (Å²) < 4.78 is 5.20. The molecule has 1 aromatic rings. The van der Waals surface area contributed by atoms with Crippen LogP contribution in [0.1, 0.15) is 264 Å². The third-order valence-corrected chi connectivity index (χ3v) is 10.7. The summed E-state index contributed by atoms with van der Waals surface area (Å²) in [5.74, 6) is 2.13. The second-order valence-corrected chi connectivity index (χ2v) is 15.7. The van der Waals surface area contributed by atoms with Crippen LogP contribution in [0.15, 0.2) is 12.4 Å². The van der Waals surface area contributed by atoms with Gasteiger partial charge < -0.3 is 0 Å². The lowest BCUT2D eigenvalue weighted by molar-refractivity contribution is -0.727. The highest BCUT2D eigenvalue weighted by molar-refractivity contribution is 4.90. The molecule has 0 aliphatic heterocycles. The van der Waals surface area contributed by atoms with Gasteiger partial charge in [0.15, 0.2) is 0 Å². The molecule has 1 rings (SSSR count). The van der Waals surface area contributed by atoms with Crippen LogP contribution in [0, 0.1) is 0 Å². The number of hydrogen-bond donors (Lipinski definition) is 0. The number of imidazole rings is 1. The minimum Gasteiger partial charge on any atom is -0.234 e. The molecule has 0 radical (unpaired) electrons. The van der Waals surface area contributed by atoms with Crippen LogP contribution in [0.4, 0.5) is 0 Å². The van der Waals surface area contributed by atoms with Gasteiger partial charge >= 0.3 is 0 Å². The van der Waals surface area contributed by atoms with Crippen molar-refractivity contribution < 1.29 is 4.57 Å². The van der Waals surface area contributed by atoms with Gasteiger partial charge in [0, 0.05) is 0 Å². The van der Waals surface area contributed by atoms with Crippen LogP contribution in [-0.4, -0.2) is 4.57 Å². The van der Waals surface area contributed by atoms with Gasteiger partial charge in [0.25, 0.3) is 5.82 Å². The maximum Gasteiger partial charge on any atom is 0.259 e. The number of nitrogens with zero attached hydrogens (tertiary/aromatic N) is 2. The highest BCUT2D eigenvalue weighted by Gasteiger charge is 2.23. The van der Waals surface area contributed by atoms with Crippen molar-refractivity contribution in [2.75, 3.05) is 0 Å². The summed E-state index contributed by atoms with van der Waals surface area (Å²) in [6, 6.07) is 0.621. The predicted octanol–water partition coefficient (Wildman–Crippen LogP) is 15.4. The first-order chi connectivity index (χ1) is 22.6. The van der Waals surface area contributed by atoms with E-state index in [1.807, 2.05) is 0 Å². The molecule has 1 unspecified atom stereocenters. The summed E-state index contributed by atoms with van der Waals surface area (Å²) in [7, 11) is 0. The molecule has 1 aromatic heterocycles. The zero-order chi connectivity index (χ0) is 33.3. The van der Waals surface area contributed by atoms with Gasteiger partial charge in [-0.2, -0.15) is 0 Å². The molecule has 0 aliphatic carbocycles. The summed E-state index contributed by atoms with van der Waals surface area (Å²) in [6.07, 6.45) is 52.3. The minimum atomic E-state index is 0.587. The summed E-state index contributed by atoms with van der Waals surface area (Å²) in [4.78, 5) is 0. The van der Waals surface area contributed by atoms with E-state index in [0.29, 0.717) is 12.0 Å². The second kappa shape index (κ2) is 32.7. The van der Waals surface area contributed by atoms with Crippen molar-refractivity contribution in [2.24, 2.45) is 0 Å². The van der Waals surface area contributed by atoms with E-state index in [1.54, 1.807) is 5.82 Å². The van der Waals surface area contributed by atoms with Crippen molar-refractivity contribution in [3.05, 3.63) is 18.2 Å². The lowest BCUT2D eigenvalue weighted by atomic mass is 10.0. The normalized spacial score (nSPS) is 12.5. The van der Waals surface area contributed by atoms with Gasteiger partial charge in [-0.1, -0.05) is 214 Å². The summed E-state index contributed by atoms with van der Waals surface area (Å²) in [6.45, 7) is 13.0. The number of aromatic nitrogens is 2. The fourth-order valence-corrected chi connectivity index (χ4v) is 7.60. The van der Waals surface area contributed by atoms with Crippen molar-refractivity contribution in [3.8, 4) is 0 Å². The average Bonchev–Trinajstić information content (AvgIpc) is 3.48. The Labute approximate surface area is 291 Å².